The molecule has 0 atom stereocenters. The monoisotopic (exact) mass is 468 g/mol. The number of fused-ring (bicyclic) bond motifs is 1. The van der Waals surface area contributed by atoms with Gasteiger partial charge in [-0.25, -0.2) is 4.39 Å². The molecule has 0 amide bonds. The molecule has 1 aliphatic heterocycles. The van der Waals surface area contributed by atoms with E-state index in [1.165, 1.54) is 44.1 Å². The van der Waals surface area contributed by atoms with Crippen LogP contribution in [0.25, 0.3) is 16.6 Å². The van der Waals surface area contributed by atoms with Crippen LogP contribution in [0.5, 0.6) is 5.75 Å². The quantitative estimate of drug-likeness (QED) is 0.403. The molecule has 172 valence electrons. The molecule has 6 nitrogen and oxygen atoms in total. The Kier molecular flexibility index (Phi) is 7.11. The van der Waals surface area contributed by atoms with Crippen molar-refractivity contribution in [3.63, 3.8) is 0 Å². The highest BCUT2D eigenvalue weighted by atomic mass is 35.5. The second kappa shape index (κ2) is 10.2. The zero-order valence-electron chi connectivity index (χ0n) is 18.2. The largest absolute Gasteiger partial charge is 0.489 e. The number of hydrogen-bond donors (Lipinski definition) is 0. The van der Waals surface area contributed by atoms with Crippen molar-refractivity contribution in [3.8, 4) is 11.4 Å². The van der Waals surface area contributed by atoms with Crippen LogP contribution in [0.4, 0.5) is 4.39 Å². The summed E-state index contributed by atoms with van der Waals surface area (Å²) in [6, 6.07) is 15.3. The molecule has 8 heteroatoms. The van der Waals surface area contributed by atoms with Crippen molar-refractivity contribution in [1.82, 2.24) is 19.2 Å². The van der Waals surface area contributed by atoms with E-state index in [4.69, 9.17) is 4.74 Å². The second-order valence-corrected chi connectivity index (χ2v) is 8.15. The van der Waals surface area contributed by atoms with Gasteiger partial charge in [-0.2, -0.15) is 5.10 Å². The maximum Gasteiger partial charge on any atom is 0.258 e. The molecule has 33 heavy (non-hydrogen) atoms. The Morgan fingerprint density at radius 2 is 1.76 bits per heavy atom. The van der Waals surface area contributed by atoms with Crippen molar-refractivity contribution in [2.75, 3.05) is 19.6 Å². The molecular formula is C25H26ClFN4O2. The van der Waals surface area contributed by atoms with Crippen molar-refractivity contribution < 1.29 is 9.13 Å². The number of ether oxygens (including phenoxy) is 1. The highest BCUT2D eigenvalue weighted by Crippen LogP contribution is 2.19. The van der Waals surface area contributed by atoms with Crippen molar-refractivity contribution in [2.45, 2.75) is 26.0 Å². The standard InChI is InChI=1S/C25H25FN4O2.ClH/c26-21-5-3-19(4-6-21)18-32-23-9-12-29(25(31)16-23)22-7-8-24-20(15-22)17-27-30(24)14-13-28-10-1-2-11-28;/h3-9,12,15-17H,1-2,10-11,13-14,18H2;1H. The van der Waals surface area contributed by atoms with Crippen LogP contribution < -0.4 is 10.3 Å². The second-order valence-electron chi connectivity index (χ2n) is 8.15. The zero-order chi connectivity index (χ0) is 21.9. The smallest absolute Gasteiger partial charge is 0.258 e. The van der Waals surface area contributed by atoms with Gasteiger partial charge in [-0.3, -0.25) is 14.0 Å². The van der Waals surface area contributed by atoms with E-state index in [1.54, 1.807) is 29.0 Å². The number of hydrogen-bond acceptors (Lipinski definition) is 4. The van der Waals surface area contributed by atoms with E-state index in [9.17, 15) is 9.18 Å². The molecule has 5 rings (SSSR count). The van der Waals surface area contributed by atoms with Crippen LogP contribution in [0.15, 0.2) is 71.8 Å². The van der Waals surface area contributed by atoms with E-state index in [0.29, 0.717) is 5.75 Å². The molecule has 0 radical (unpaired) electrons. The highest BCUT2D eigenvalue weighted by Gasteiger charge is 2.12. The molecule has 0 spiro atoms. The topological polar surface area (TPSA) is 52.3 Å². The summed E-state index contributed by atoms with van der Waals surface area (Å²) in [5.74, 6) is 0.192. The zero-order valence-corrected chi connectivity index (χ0v) is 19.0. The summed E-state index contributed by atoms with van der Waals surface area (Å²) in [7, 11) is 0. The van der Waals surface area contributed by atoms with Crippen molar-refractivity contribution in [3.05, 3.63) is 88.7 Å². The summed E-state index contributed by atoms with van der Waals surface area (Å²) < 4.78 is 22.3. The first-order valence-electron chi connectivity index (χ1n) is 10.9. The summed E-state index contributed by atoms with van der Waals surface area (Å²) in [4.78, 5) is 15.2. The van der Waals surface area contributed by atoms with Gasteiger partial charge in [0.25, 0.3) is 5.56 Å². The van der Waals surface area contributed by atoms with Crippen LogP contribution in [0.1, 0.15) is 18.4 Å². The third-order valence-corrected chi connectivity index (χ3v) is 5.94. The third kappa shape index (κ3) is 5.26. The fourth-order valence-electron chi connectivity index (χ4n) is 4.16. The van der Waals surface area contributed by atoms with Crippen molar-refractivity contribution in [2.24, 2.45) is 0 Å². The predicted molar refractivity (Wildman–Crippen MR) is 129 cm³/mol. The molecule has 1 saturated heterocycles. The molecule has 1 aliphatic rings. The molecule has 0 unspecified atom stereocenters. The van der Waals surface area contributed by atoms with Crippen LogP contribution in [0, 0.1) is 5.82 Å². The molecule has 0 bridgehead atoms. The Bertz CT molecular complexity index is 1280. The normalized spacial score (nSPS) is 13.8. The van der Waals surface area contributed by atoms with Crippen LogP contribution in [-0.4, -0.2) is 38.9 Å². The van der Waals surface area contributed by atoms with E-state index in [1.807, 2.05) is 29.1 Å². The van der Waals surface area contributed by atoms with E-state index in [2.05, 4.69) is 10.00 Å². The Morgan fingerprint density at radius 3 is 2.52 bits per heavy atom. The number of likely N-dealkylation sites (tertiary alicyclic amines) is 1. The first-order chi connectivity index (χ1) is 15.7. The first kappa shape index (κ1) is 23.0. The summed E-state index contributed by atoms with van der Waals surface area (Å²) in [6.45, 7) is 4.50. The lowest BCUT2D eigenvalue weighted by Gasteiger charge is -2.14. The van der Waals surface area contributed by atoms with Gasteiger partial charge < -0.3 is 9.64 Å². The fraction of sp³-hybridized carbons (Fsp3) is 0.280. The maximum absolute atomic E-state index is 13.0. The van der Waals surface area contributed by atoms with Crippen LogP contribution >= 0.6 is 12.4 Å². The van der Waals surface area contributed by atoms with Crippen LogP contribution in [0.3, 0.4) is 0 Å². The fourth-order valence-corrected chi connectivity index (χ4v) is 4.16. The molecule has 2 aromatic carbocycles. The Morgan fingerprint density at radius 1 is 0.970 bits per heavy atom. The van der Waals surface area contributed by atoms with Gasteiger partial charge in [0.1, 0.15) is 18.2 Å². The van der Waals surface area contributed by atoms with Gasteiger partial charge in [0, 0.05) is 29.9 Å². The van der Waals surface area contributed by atoms with Gasteiger partial charge in [-0.15, -0.1) is 12.4 Å². The number of pyridine rings is 1. The number of halogens is 2. The van der Waals surface area contributed by atoms with Crippen molar-refractivity contribution in [1.29, 1.82) is 0 Å². The van der Waals surface area contributed by atoms with Gasteiger partial charge in [-0.1, -0.05) is 12.1 Å². The minimum atomic E-state index is -0.287. The highest BCUT2D eigenvalue weighted by molar-refractivity contribution is 5.85. The number of benzene rings is 2. The SMILES string of the molecule is Cl.O=c1cc(OCc2ccc(F)cc2)ccn1-c1ccc2c(cnn2CCN2CCCC2)c1. The number of nitrogens with zero attached hydrogens (tertiary/aromatic N) is 4. The van der Waals surface area contributed by atoms with E-state index < -0.39 is 0 Å². The maximum atomic E-state index is 13.0. The van der Waals surface area contributed by atoms with Gasteiger partial charge >= 0.3 is 0 Å². The van der Waals surface area contributed by atoms with Gasteiger partial charge in [-0.05, 0) is 67.9 Å². The molecule has 0 aliphatic carbocycles. The number of rotatable bonds is 7. The van der Waals surface area contributed by atoms with E-state index in [0.717, 1.165) is 35.2 Å². The molecule has 2 aromatic heterocycles. The van der Waals surface area contributed by atoms with Crippen LogP contribution in [-0.2, 0) is 13.2 Å². The summed E-state index contributed by atoms with van der Waals surface area (Å²) >= 11 is 0. The summed E-state index contributed by atoms with van der Waals surface area (Å²) in [5.41, 5.74) is 2.51. The summed E-state index contributed by atoms with van der Waals surface area (Å²) in [6.07, 6.45) is 6.14. The minimum Gasteiger partial charge on any atom is -0.489 e. The Labute approximate surface area is 197 Å². The Hall–Kier alpha value is -3.16. The van der Waals surface area contributed by atoms with Gasteiger partial charge in [0.2, 0.25) is 0 Å². The molecule has 4 aromatic rings. The molecule has 3 heterocycles. The first-order valence-corrected chi connectivity index (χ1v) is 10.9. The van der Waals surface area contributed by atoms with E-state index >= 15 is 0 Å². The molecule has 1 fully saturated rings. The lowest BCUT2D eigenvalue weighted by atomic mass is 10.2. The minimum absolute atomic E-state index is 0. The average Bonchev–Trinajstić information content (AvgIpc) is 3.47. The summed E-state index contributed by atoms with van der Waals surface area (Å²) in [5, 5.41) is 5.55. The molecule has 0 N–H and O–H groups in total. The van der Waals surface area contributed by atoms with Crippen molar-refractivity contribution >= 4 is 23.3 Å². The van der Waals surface area contributed by atoms with Gasteiger partial charge in [0.15, 0.2) is 0 Å². The lowest BCUT2D eigenvalue weighted by Crippen LogP contribution is -2.24. The van der Waals surface area contributed by atoms with Crippen LogP contribution in [0.2, 0.25) is 0 Å². The third-order valence-electron chi connectivity index (χ3n) is 5.94. The Balaban J connectivity index is 0.00000259. The molecular weight excluding hydrogens is 443 g/mol. The average molecular weight is 469 g/mol. The predicted octanol–water partition coefficient (Wildman–Crippen LogP) is 4.42. The molecule has 0 saturated carbocycles. The lowest BCUT2D eigenvalue weighted by molar-refractivity contribution is 0.305. The van der Waals surface area contributed by atoms with Gasteiger partial charge in [0.05, 0.1) is 18.3 Å². The number of aromatic nitrogens is 3. The van der Waals surface area contributed by atoms with E-state index in [-0.39, 0.29) is 30.4 Å².